The molecule has 2 atom stereocenters. The number of hydrogen-bond donors (Lipinski definition) is 1. The minimum absolute atomic E-state index is 0.0217. The van der Waals surface area contributed by atoms with Gasteiger partial charge in [0, 0.05) is 26.2 Å². The monoisotopic (exact) mass is 268 g/mol. The van der Waals surface area contributed by atoms with E-state index in [9.17, 15) is 14.7 Å². The Morgan fingerprint density at radius 3 is 2.58 bits per heavy atom. The molecule has 0 aromatic heterocycles. The fourth-order valence-electron chi connectivity index (χ4n) is 2.87. The number of carboxylic acids is 1. The summed E-state index contributed by atoms with van der Waals surface area (Å²) in [5, 5.41) is 9.29. The molecular weight excluding hydrogens is 244 g/mol. The minimum atomic E-state index is -0.803. The second-order valence-electron chi connectivity index (χ2n) is 6.36. The van der Waals surface area contributed by atoms with E-state index in [2.05, 4.69) is 6.92 Å². The Balaban J connectivity index is 2.00. The molecule has 1 N–H and O–H groups in total. The van der Waals surface area contributed by atoms with Crippen LogP contribution < -0.4 is 0 Å². The first-order chi connectivity index (χ1) is 8.85. The maximum atomic E-state index is 12.4. The molecule has 1 heterocycles. The second-order valence-corrected chi connectivity index (χ2v) is 6.36. The molecule has 5 nitrogen and oxygen atoms in total. The van der Waals surface area contributed by atoms with Gasteiger partial charge in [0.2, 0.25) is 0 Å². The number of amides is 2. The molecule has 2 fully saturated rings. The van der Waals surface area contributed by atoms with Crippen LogP contribution in [0.1, 0.15) is 39.5 Å². The Bertz CT molecular complexity index is 381. The van der Waals surface area contributed by atoms with Gasteiger partial charge in [0.25, 0.3) is 0 Å². The number of carbonyl (C=O) groups is 2. The summed E-state index contributed by atoms with van der Waals surface area (Å²) in [5.41, 5.74) is -0.794. The molecule has 2 amide bonds. The highest BCUT2D eigenvalue weighted by Crippen LogP contribution is 2.36. The molecule has 0 aromatic rings. The lowest BCUT2D eigenvalue weighted by atomic mass is 9.82. The van der Waals surface area contributed by atoms with Gasteiger partial charge < -0.3 is 14.9 Å². The first-order valence-electron chi connectivity index (χ1n) is 7.10. The van der Waals surface area contributed by atoms with Gasteiger partial charge in [-0.25, -0.2) is 4.79 Å². The lowest BCUT2D eigenvalue weighted by molar-refractivity contribution is -0.150. The number of aliphatic carboxylic acids is 1. The lowest BCUT2D eigenvalue weighted by Gasteiger charge is -2.40. The molecule has 2 aliphatic rings. The van der Waals surface area contributed by atoms with Crippen molar-refractivity contribution in [1.82, 2.24) is 9.80 Å². The smallest absolute Gasteiger partial charge is 0.320 e. The highest BCUT2D eigenvalue weighted by molar-refractivity contribution is 5.78. The summed E-state index contributed by atoms with van der Waals surface area (Å²) in [6.07, 6.45) is 3.81. The predicted octanol–water partition coefficient (Wildman–Crippen LogP) is 2.02. The molecule has 19 heavy (non-hydrogen) atoms. The molecule has 5 heteroatoms. The number of carbonyl (C=O) groups excluding carboxylic acids is 1. The number of likely N-dealkylation sites (tertiary alicyclic amines) is 1. The number of urea groups is 1. The van der Waals surface area contributed by atoms with Crippen LogP contribution in [0.5, 0.6) is 0 Å². The molecule has 1 aliphatic heterocycles. The van der Waals surface area contributed by atoms with Crippen LogP contribution in [0.15, 0.2) is 0 Å². The molecule has 0 radical (unpaired) electrons. The van der Waals surface area contributed by atoms with E-state index in [0.717, 1.165) is 6.42 Å². The van der Waals surface area contributed by atoms with Gasteiger partial charge in [-0.2, -0.15) is 0 Å². The predicted molar refractivity (Wildman–Crippen MR) is 71.9 cm³/mol. The summed E-state index contributed by atoms with van der Waals surface area (Å²) in [7, 11) is 1.83. The van der Waals surface area contributed by atoms with Crippen molar-refractivity contribution >= 4 is 12.0 Å². The van der Waals surface area contributed by atoms with Crippen LogP contribution in [0, 0.1) is 11.3 Å². The topological polar surface area (TPSA) is 60.9 Å². The normalized spacial score (nSPS) is 28.9. The largest absolute Gasteiger partial charge is 0.481 e. The molecule has 108 valence electrons. The zero-order valence-corrected chi connectivity index (χ0v) is 12.1. The molecule has 1 saturated heterocycles. The summed E-state index contributed by atoms with van der Waals surface area (Å²) in [6, 6.07) is 0.233. The van der Waals surface area contributed by atoms with E-state index in [1.165, 1.54) is 12.8 Å². The van der Waals surface area contributed by atoms with Gasteiger partial charge in [-0.3, -0.25) is 4.79 Å². The Labute approximate surface area is 114 Å². The van der Waals surface area contributed by atoms with Crippen LogP contribution in [-0.4, -0.2) is 53.1 Å². The molecule has 1 aliphatic carbocycles. The molecular formula is C14H24N2O3. The Hall–Kier alpha value is -1.26. The van der Waals surface area contributed by atoms with Crippen LogP contribution in [0.25, 0.3) is 0 Å². The van der Waals surface area contributed by atoms with Gasteiger partial charge in [0.15, 0.2) is 0 Å². The standard InChI is InChI=1S/C14H24N2O3/c1-10(11-5-6-11)15(3)13(19)16-8-4-7-14(2,9-16)12(17)18/h10-11H,4-9H2,1-3H3,(H,17,18). The Morgan fingerprint density at radius 2 is 2.05 bits per heavy atom. The molecule has 0 spiro atoms. The second kappa shape index (κ2) is 5.02. The van der Waals surface area contributed by atoms with Gasteiger partial charge in [0.1, 0.15) is 0 Å². The average molecular weight is 268 g/mol. The van der Waals surface area contributed by atoms with E-state index in [0.29, 0.717) is 25.4 Å². The lowest BCUT2D eigenvalue weighted by Crippen LogP contribution is -2.53. The number of rotatable bonds is 3. The quantitative estimate of drug-likeness (QED) is 0.852. The third-order valence-electron chi connectivity index (χ3n) is 4.70. The highest BCUT2D eigenvalue weighted by atomic mass is 16.4. The van der Waals surface area contributed by atoms with Crippen molar-refractivity contribution in [3.05, 3.63) is 0 Å². The summed E-state index contributed by atoms with van der Waals surface area (Å²) >= 11 is 0. The minimum Gasteiger partial charge on any atom is -0.481 e. The fourth-order valence-corrected chi connectivity index (χ4v) is 2.87. The molecule has 0 aromatic carbocycles. The van der Waals surface area contributed by atoms with Crippen molar-refractivity contribution in [3.8, 4) is 0 Å². The maximum Gasteiger partial charge on any atom is 0.320 e. The van der Waals surface area contributed by atoms with Crippen molar-refractivity contribution in [3.63, 3.8) is 0 Å². The van der Waals surface area contributed by atoms with E-state index in [4.69, 9.17) is 0 Å². The maximum absolute atomic E-state index is 12.4. The summed E-state index contributed by atoms with van der Waals surface area (Å²) in [6.45, 7) is 4.81. The van der Waals surface area contributed by atoms with Gasteiger partial charge >= 0.3 is 12.0 Å². The summed E-state index contributed by atoms with van der Waals surface area (Å²) in [4.78, 5) is 27.2. The SMILES string of the molecule is CC(C1CC1)N(C)C(=O)N1CCCC(C)(C(=O)O)C1. The Morgan fingerprint density at radius 1 is 1.42 bits per heavy atom. The van der Waals surface area contributed by atoms with Crippen molar-refractivity contribution in [2.75, 3.05) is 20.1 Å². The number of hydrogen-bond acceptors (Lipinski definition) is 2. The van der Waals surface area contributed by atoms with Crippen LogP contribution in [-0.2, 0) is 4.79 Å². The number of carboxylic acid groups (broad SMARTS) is 1. The van der Waals surface area contributed by atoms with Gasteiger partial charge in [0.05, 0.1) is 5.41 Å². The van der Waals surface area contributed by atoms with Gasteiger partial charge in [-0.15, -0.1) is 0 Å². The van der Waals surface area contributed by atoms with Crippen LogP contribution in [0.2, 0.25) is 0 Å². The van der Waals surface area contributed by atoms with Crippen LogP contribution in [0.3, 0.4) is 0 Å². The third kappa shape index (κ3) is 2.85. The number of nitrogens with zero attached hydrogens (tertiary/aromatic N) is 2. The van der Waals surface area contributed by atoms with Crippen molar-refractivity contribution in [1.29, 1.82) is 0 Å². The first kappa shape index (κ1) is 14.2. The third-order valence-corrected chi connectivity index (χ3v) is 4.70. The fraction of sp³-hybridized carbons (Fsp3) is 0.857. The van der Waals surface area contributed by atoms with Crippen molar-refractivity contribution in [2.45, 2.75) is 45.6 Å². The van der Waals surface area contributed by atoms with Crippen LogP contribution >= 0.6 is 0 Å². The van der Waals surface area contributed by atoms with E-state index in [1.807, 2.05) is 7.05 Å². The van der Waals surface area contributed by atoms with Crippen LogP contribution in [0.4, 0.5) is 4.79 Å². The molecule has 2 rings (SSSR count). The van der Waals surface area contributed by atoms with Crippen molar-refractivity contribution < 1.29 is 14.7 Å². The number of piperidine rings is 1. The summed E-state index contributed by atoms with van der Waals surface area (Å²) < 4.78 is 0. The van der Waals surface area contributed by atoms with E-state index in [1.54, 1.807) is 16.7 Å². The summed E-state index contributed by atoms with van der Waals surface area (Å²) in [5.74, 6) is -0.174. The molecule has 2 unspecified atom stereocenters. The Kier molecular flexibility index (Phi) is 3.74. The zero-order chi connectivity index (χ0) is 14.2. The van der Waals surface area contributed by atoms with Gasteiger partial charge in [-0.1, -0.05) is 0 Å². The van der Waals surface area contributed by atoms with E-state index < -0.39 is 11.4 Å². The van der Waals surface area contributed by atoms with E-state index >= 15 is 0 Å². The van der Waals surface area contributed by atoms with Crippen molar-refractivity contribution in [2.24, 2.45) is 11.3 Å². The zero-order valence-electron chi connectivity index (χ0n) is 12.1. The van der Waals surface area contributed by atoms with Gasteiger partial charge in [-0.05, 0) is 45.4 Å². The first-order valence-corrected chi connectivity index (χ1v) is 7.10. The highest BCUT2D eigenvalue weighted by Gasteiger charge is 2.41. The molecule has 0 bridgehead atoms. The van der Waals surface area contributed by atoms with E-state index in [-0.39, 0.29) is 12.1 Å². The average Bonchev–Trinajstić information content (AvgIpc) is 3.20. The molecule has 1 saturated carbocycles.